The fourth-order valence-corrected chi connectivity index (χ4v) is 1.67. The summed E-state index contributed by atoms with van der Waals surface area (Å²) in [7, 11) is 0. The second-order valence-electron chi connectivity index (χ2n) is 3.67. The van der Waals surface area contributed by atoms with Gasteiger partial charge in [-0.05, 0) is 36.6 Å². The smallest absolute Gasteiger partial charge is 0.306 e. The van der Waals surface area contributed by atoms with Crippen molar-refractivity contribution in [1.29, 1.82) is 0 Å². The highest BCUT2D eigenvalue weighted by Crippen LogP contribution is 2.28. The van der Waals surface area contributed by atoms with Crippen LogP contribution in [-0.4, -0.2) is 16.2 Å². The van der Waals surface area contributed by atoms with E-state index in [2.05, 4.69) is 0 Å². The lowest BCUT2D eigenvalue weighted by Crippen LogP contribution is -2.12. The third kappa shape index (κ3) is 2.86. The van der Waals surface area contributed by atoms with Crippen LogP contribution in [0.3, 0.4) is 0 Å². The van der Waals surface area contributed by atoms with Gasteiger partial charge in [0.1, 0.15) is 5.75 Å². The van der Waals surface area contributed by atoms with Crippen LogP contribution in [0.15, 0.2) is 12.1 Å². The number of carboxylic acids is 1. The second kappa shape index (κ2) is 4.53. The molecule has 0 aromatic heterocycles. The van der Waals surface area contributed by atoms with Gasteiger partial charge in [0.15, 0.2) is 0 Å². The Kier molecular flexibility index (Phi) is 3.58. The summed E-state index contributed by atoms with van der Waals surface area (Å²) in [5.74, 6) is -1.28. The Hall–Kier alpha value is -1.22. The van der Waals surface area contributed by atoms with Crippen LogP contribution >= 0.6 is 11.6 Å². The van der Waals surface area contributed by atoms with Gasteiger partial charge in [-0.15, -0.1) is 0 Å². The molecule has 1 aromatic rings. The molecule has 1 rings (SSSR count). The quantitative estimate of drug-likeness (QED) is 0.836. The van der Waals surface area contributed by atoms with Crippen molar-refractivity contribution in [2.24, 2.45) is 5.92 Å². The van der Waals surface area contributed by atoms with Gasteiger partial charge in [-0.1, -0.05) is 18.5 Å². The molecule has 0 saturated heterocycles. The number of hydrogen-bond acceptors (Lipinski definition) is 2. The molecular formula is C11H13ClO3. The molecule has 1 unspecified atom stereocenters. The Morgan fingerprint density at radius 3 is 2.67 bits per heavy atom. The normalized spacial score (nSPS) is 12.5. The van der Waals surface area contributed by atoms with Crippen molar-refractivity contribution in [2.75, 3.05) is 0 Å². The molecule has 15 heavy (non-hydrogen) atoms. The van der Waals surface area contributed by atoms with Gasteiger partial charge in [-0.2, -0.15) is 0 Å². The summed E-state index contributed by atoms with van der Waals surface area (Å²) in [5, 5.41) is 19.0. The number of carboxylic acid groups (broad SMARTS) is 1. The highest BCUT2D eigenvalue weighted by atomic mass is 35.5. The van der Waals surface area contributed by atoms with Gasteiger partial charge in [0.25, 0.3) is 0 Å². The number of phenols is 1. The number of carbonyl (C=O) groups is 1. The lowest BCUT2D eigenvalue weighted by atomic mass is 9.99. The maximum absolute atomic E-state index is 10.7. The van der Waals surface area contributed by atoms with Gasteiger partial charge in [-0.3, -0.25) is 4.79 Å². The number of hydrogen-bond donors (Lipinski definition) is 2. The van der Waals surface area contributed by atoms with Crippen molar-refractivity contribution in [2.45, 2.75) is 20.3 Å². The lowest BCUT2D eigenvalue weighted by Gasteiger charge is -2.10. The average Bonchev–Trinajstić information content (AvgIpc) is 2.13. The Balaban J connectivity index is 2.99. The van der Waals surface area contributed by atoms with Crippen molar-refractivity contribution < 1.29 is 15.0 Å². The van der Waals surface area contributed by atoms with Crippen LogP contribution in [0.2, 0.25) is 5.02 Å². The van der Waals surface area contributed by atoms with Crippen LogP contribution in [0.1, 0.15) is 18.1 Å². The highest BCUT2D eigenvalue weighted by Gasteiger charge is 2.15. The van der Waals surface area contributed by atoms with Gasteiger partial charge >= 0.3 is 5.97 Å². The molecule has 1 aromatic carbocycles. The third-order valence-corrected chi connectivity index (χ3v) is 2.51. The first-order valence-electron chi connectivity index (χ1n) is 4.62. The number of rotatable bonds is 3. The van der Waals surface area contributed by atoms with E-state index in [1.165, 1.54) is 0 Å². The first-order valence-corrected chi connectivity index (χ1v) is 5.00. The summed E-state index contributed by atoms with van der Waals surface area (Å²) < 4.78 is 0. The van der Waals surface area contributed by atoms with E-state index >= 15 is 0 Å². The molecule has 3 nitrogen and oxygen atoms in total. The molecule has 0 aliphatic carbocycles. The molecule has 0 radical (unpaired) electrons. The lowest BCUT2D eigenvalue weighted by molar-refractivity contribution is -0.141. The predicted octanol–water partition coefficient (Wildman–Crippen LogP) is 2.62. The maximum Gasteiger partial charge on any atom is 0.306 e. The summed E-state index contributed by atoms with van der Waals surface area (Å²) in [6.45, 7) is 3.33. The van der Waals surface area contributed by atoms with Gasteiger partial charge in [0.2, 0.25) is 0 Å². The molecule has 4 heteroatoms. The average molecular weight is 229 g/mol. The van der Waals surface area contributed by atoms with Gasteiger partial charge in [0, 0.05) is 5.02 Å². The zero-order chi connectivity index (χ0) is 11.6. The van der Waals surface area contributed by atoms with Crippen molar-refractivity contribution in [3.05, 3.63) is 28.3 Å². The zero-order valence-electron chi connectivity index (χ0n) is 8.62. The Labute approximate surface area is 93.3 Å². The van der Waals surface area contributed by atoms with Crippen LogP contribution < -0.4 is 0 Å². The van der Waals surface area contributed by atoms with Crippen molar-refractivity contribution in [3.8, 4) is 5.75 Å². The first kappa shape index (κ1) is 11.9. The fourth-order valence-electron chi connectivity index (χ4n) is 1.38. The van der Waals surface area contributed by atoms with Crippen LogP contribution in [0.5, 0.6) is 5.75 Å². The highest BCUT2D eigenvalue weighted by molar-refractivity contribution is 6.30. The van der Waals surface area contributed by atoms with Crippen molar-refractivity contribution >= 4 is 17.6 Å². The molecule has 0 amide bonds. The van der Waals surface area contributed by atoms with Crippen LogP contribution in [0.25, 0.3) is 0 Å². The Bertz CT molecular complexity index is 388. The number of aliphatic carboxylic acids is 1. The Morgan fingerprint density at radius 2 is 2.13 bits per heavy atom. The van der Waals surface area contributed by atoms with E-state index in [4.69, 9.17) is 16.7 Å². The molecule has 1 atom stereocenters. The minimum Gasteiger partial charge on any atom is -0.507 e. The minimum absolute atomic E-state index is 0.132. The van der Waals surface area contributed by atoms with E-state index in [1.807, 2.05) is 0 Å². The van der Waals surface area contributed by atoms with E-state index < -0.39 is 11.9 Å². The van der Waals surface area contributed by atoms with Crippen LogP contribution in [0, 0.1) is 12.8 Å². The van der Waals surface area contributed by atoms with Crippen LogP contribution in [0.4, 0.5) is 0 Å². The number of phenolic OH excluding ortho intramolecular Hbond substituents is 1. The van der Waals surface area contributed by atoms with E-state index in [-0.39, 0.29) is 12.2 Å². The maximum atomic E-state index is 10.7. The monoisotopic (exact) mass is 228 g/mol. The van der Waals surface area contributed by atoms with E-state index in [0.717, 1.165) is 0 Å². The molecule has 0 spiro atoms. The molecule has 82 valence electrons. The summed E-state index contributed by atoms with van der Waals surface area (Å²) >= 11 is 5.83. The standard InChI is InChI=1S/C11H13ClO3/c1-6-4-9(12)5-8(10(6)13)3-7(2)11(14)15/h4-5,7,13H,3H2,1-2H3,(H,14,15). The molecule has 0 saturated carbocycles. The van der Waals surface area contributed by atoms with E-state index in [1.54, 1.807) is 26.0 Å². The molecular weight excluding hydrogens is 216 g/mol. The number of aryl methyl sites for hydroxylation is 1. The number of aromatic hydroxyl groups is 1. The summed E-state index contributed by atoms with van der Waals surface area (Å²) in [6, 6.07) is 3.25. The first-order chi connectivity index (χ1) is 6.91. The zero-order valence-corrected chi connectivity index (χ0v) is 9.38. The number of benzene rings is 1. The molecule has 0 fully saturated rings. The third-order valence-electron chi connectivity index (χ3n) is 2.29. The van der Waals surface area contributed by atoms with Gasteiger partial charge in [-0.25, -0.2) is 0 Å². The summed E-state index contributed by atoms with van der Waals surface area (Å²) in [5.41, 5.74) is 1.24. The molecule has 0 aliphatic heterocycles. The van der Waals surface area contributed by atoms with E-state index in [0.29, 0.717) is 16.1 Å². The number of halogens is 1. The predicted molar refractivity (Wildman–Crippen MR) is 58.4 cm³/mol. The molecule has 2 N–H and O–H groups in total. The topological polar surface area (TPSA) is 57.5 Å². The SMILES string of the molecule is Cc1cc(Cl)cc(CC(C)C(=O)O)c1O. The van der Waals surface area contributed by atoms with Crippen molar-refractivity contribution in [1.82, 2.24) is 0 Å². The van der Waals surface area contributed by atoms with Gasteiger partial charge in [0.05, 0.1) is 5.92 Å². The molecule has 0 aliphatic rings. The second-order valence-corrected chi connectivity index (χ2v) is 4.11. The van der Waals surface area contributed by atoms with E-state index in [9.17, 15) is 9.90 Å². The van der Waals surface area contributed by atoms with Crippen molar-refractivity contribution in [3.63, 3.8) is 0 Å². The molecule has 0 bridgehead atoms. The minimum atomic E-state index is -0.882. The summed E-state index contributed by atoms with van der Waals surface area (Å²) in [6.07, 6.45) is 0.280. The van der Waals surface area contributed by atoms with Gasteiger partial charge < -0.3 is 10.2 Å². The summed E-state index contributed by atoms with van der Waals surface area (Å²) in [4.78, 5) is 10.7. The van der Waals surface area contributed by atoms with Crippen LogP contribution in [-0.2, 0) is 11.2 Å². The Morgan fingerprint density at radius 1 is 1.53 bits per heavy atom. The molecule has 0 heterocycles. The fraction of sp³-hybridized carbons (Fsp3) is 0.364. The largest absolute Gasteiger partial charge is 0.507 e.